The van der Waals surface area contributed by atoms with E-state index < -0.39 is 0 Å². The molecular formula is C54H53P. The van der Waals surface area contributed by atoms with E-state index in [1.54, 1.807) is 0 Å². The van der Waals surface area contributed by atoms with Crippen LogP contribution in [0.5, 0.6) is 0 Å². The average molecular weight is 733 g/mol. The zero-order valence-corrected chi connectivity index (χ0v) is 34.3. The molecular weight excluding hydrogens is 680 g/mol. The molecule has 0 spiro atoms. The molecule has 1 aliphatic rings. The predicted octanol–water partition coefficient (Wildman–Crippen LogP) is 13.7. The van der Waals surface area contributed by atoms with Crippen LogP contribution in [-0.4, -0.2) is 12.3 Å². The molecule has 7 aromatic carbocycles. The second-order valence-electron chi connectivity index (χ2n) is 17.7. The van der Waals surface area contributed by atoms with Crippen molar-refractivity contribution in [2.45, 2.75) is 54.4 Å². The van der Waals surface area contributed by atoms with Crippen LogP contribution in [0.25, 0.3) is 78.6 Å². The third-order valence-corrected chi connectivity index (χ3v) is 14.4. The Bertz CT molecular complexity index is 2550. The van der Waals surface area contributed by atoms with Gasteiger partial charge in [0.2, 0.25) is 0 Å². The highest BCUT2D eigenvalue weighted by Gasteiger charge is 2.25. The third kappa shape index (κ3) is 8.17. The van der Waals surface area contributed by atoms with Crippen LogP contribution in [0.2, 0.25) is 0 Å². The van der Waals surface area contributed by atoms with Gasteiger partial charge in [0.25, 0.3) is 0 Å². The van der Waals surface area contributed by atoms with Gasteiger partial charge in [0.05, 0.1) is 0 Å². The van der Waals surface area contributed by atoms with E-state index in [2.05, 4.69) is 205 Å². The summed E-state index contributed by atoms with van der Waals surface area (Å²) in [5.74, 6) is 0. The van der Waals surface area contributed by atoms with Crippen molar-refractivity contribution in [3.8, 4) is 55.6 Å². The molecule has 0 heterocycles. The van der Waals surface area contributed by atoms with Crippen LogP contribution in [0.3, 0.4) is 0 Å². The molecule has 1 heteroatoms. The summed E-state index contributed by atoms with van der Waals surface area (Å²) in [5.41, 5.74) is 13.3. The largest absolute Gasteiger partial charge is 0.0757 e. The molecule has 0 aliphatic heterocycles. The summed E-state index contributed by atoms with van der Waals surface area (Å²) in [4.78, 5) is 0. The fourth-order valence-corrected chi connectivity index (χ4v) is 11.8. The molecule has 0 saturated heterocycles. The third-order valence-electron chi connectivity index (χ3n) is 10.7. The maximum Gasteiger partial charge on any atom is -0.00295 e. The molecule has 0 N–H and O–H groups in total. The summed E-state index contributed by atoms with van der Waals surface area (Å²) in [5, 5.41) is 6.86. The molecule has 0 fully saturated rings. The number of hydrogen-bond donors (Lipinski definition) is 0. The Morgan fingerprint density at radius 2 is 0.782 bits per heavy atom. The molecule has 0 amide bonds. The van der Waals surface area contributed by atoms with Gasteiger partial charge in [0.15, 0.2) is 0 Å². The molecule has 0 unspecified atom stereocenters. The summed E-state index contributed by atoms with van der Waals surface area (Å²) >= 11 is 0. The molecule has 0 bridgehead atoms. The van der Waals surface area contributed by atoms with Gasteiger partial charge < -0.3 is 0 Å². The minimum absolute atomic E-state index is 0.281. The first-order valence-corrected chi connectivity index (χ1v) is 21.7. The van der Waals surface area contributed by atoms with E-state index in [1.165, 1.54) is 94.5 Å². The second-order valence-corrected chi connectivity index (χ2v) is 20.0. The van der Waals surface area contributed by atoms with E-state index in [0.29, 0.717) is 0 Å². The van der Waals surface area contributed by atoms with E-state index in [0.717, 1.165) is 12.8 Å². The van der Waals surface area contributed by atoms with Gasteiger partial charge in [-0.15, -0.1) is 0 Å². The Labute approximate surface area is 330 Å². The molecule has 274 valence electrons. The normalized spacial score (nSPS) is 13.0. The summed E-state index contributed by atoms with van der Waals surface area (Å²) in [6, 6.07) is 56.8. The van der Waals surface area contributed by atoms with Gasteiger partial charge in [-0.2, -0.15) is 0 Å². The first-order valence-electron chi connectivity index (χ1n) is 20.0. The van der Waals surface area contributed by atoms with Gasteiger partial charge in [0.1, 0.15) is 0 Å². The average Bonchev–Trinajstić information content (AvgIpc) is 3.19. The van der Waals surface area contributed by atoms with Crippen LogP contribution in [0.1, 0.15) is 54.4 Å². The van der Waals surface area contributed by atoms with E-state index in [9.17, 15) is 0 Å². The van der Waals surface area contributed by atoms with E-state index in [1.807, 2.05) is 0 Å². The molecule has 7 aromatic rings. The molecule has 0 aromatic heterocycles. The lowest BCUT2D eigenvalue weighted by atomic mass is 9.84. The minimum Gasteiger partial charge on any atom is -0.0757 e. The molecule has 0 radical (unpaired) electrons. The predicted molar refractivity (Wildman–Crippen MR) is 244 cm³/mol. The molecule has 0 atom stereocenters. The van der Waals surface area contributed by atoms with Crippen molar-refractivity contribution in [1.82, 2.24) is 0 Å². The fourth-order valence-electron chi connectivity index (χ4n) is 8.40. The van der Waals surface area contributed by atoms with Gasteiger partial charge >= 0.3 is 0 Å². The lowest BCUT2D eigenvalue weighted by Crippen LogP contribution is -2.31. The maximum absolute atomic E-state index is 2.51. The molecule has 0 nitrogen and oxygen atoms in total. The van der Waals surface area contributed by atoms with Crippen molar-refractivity contribution in [3.05, 3.63) is 162 Å². The van der Waals surface area contributed by atoms with Crippen LogP contribution >= 0.6 is 7.92 Å². The molecule has 0 saturated carbocycles. The molecule has 8 rings (SSSR count). The Morgan fingerprint density at radius 3 is 1.27 bits per heavy atom. The van der Waals surface area contributed by atoms with Crippen molar-refractivity contribution < 1.29 is 0 Å². The fraction of sp³-hybridized carbons (Fsp3) is 0.222. The van der Waals surface area contributed by atoms with Crippen molar-refractivity contribution in [2.24, 2.45) is 10.8 Å². The number of fused-ring (bicyclic) bond motifs is 2. The lowest BCUT2D eigenvalue weighted by molar-refractivity contribution is 0.460. The highest BCUT2D eigenvalue weighted by Crippen LogP contribution is 2.46. The Hall–Kier alpha value is -5.03. The van der Waals surface area contributed by atoms with Crippen LogP contribution in [0.4, 0.5) is 0 Å². The topological polar surface area (TPSA) is 0 Å². The van der Waals surface area contributed by atoms with Crippen LogP contribution < -0.4 is 15.7 Å². The van der Waals surface area contributed by atoms with Crippen molar-refractivity contribution >= 4 is 36.2 Å². The van der Waals surface area contributed by atoms with Gasteiger partial charge in [-0.05, 0) is 130 Å². The number of benzene rings is 7. The van der Waals surface area contributed by atoms with E-state index in [4.69, 9.17) is 0 Å². The smallest absolute Gasteiger partial charge is 0.00295 e. The summed E-state index contributed by atoms with van der Waals surface area (Å²) in [6.45, 7) is 14.4. The van der Waals surface area contributed by atoms with Crippen molar-refractivity contribution in [2.75, 3.05) is 12.3 Å². The van der Waals surface area contributed by atoms with Crippen LogP contribution in [-0.2, 0) is 0 Å². The standard InChI is InChI=1S/C54H53P/c1-53(2,3)36-55(37-54(4,5)6)46-21-15-20-44(34-46)45-32-33-49-50(35-45)52(43-30-26-41(27-31-43)39-18-11-8-12-19-39)48-23-14-13-22-47(48)51(49)42-28-24-40(25-29-42)38-16-9-7-10-17-38/h7-12,15-35H,13-14,36-37H2,1-6H3. The van der Waals surface area contributed by atoms with Crippen molar-refractivity contribution in [3.63, 3.8) is 0 Å². The minimum atomic E-state index is -0.309. The maximum atomic E-state index is 2.51. The quantitative estimate of drug-likeness (QED) is 0.137. The Morgan fingerprint density at radius 1 is 0.382 bits per heavy atom. The summed E-state index contributed by atoms with van der Waals surface area (Å²) in [7, 11) is -0.309. The van der Waals surface area contributed by atoms with Gasteiger partial charge in [0, 0.05) is 0 Å². The first-order chi connectivity index (χ1) is 26.5. The number of hydrogen-bond acceptors (Lipinski definition) is 0. The molecule has 55 heavy (non-hydrogen) atoms. The SMILES string of the molecule is CC(C)(C)CP(CC(C)(C)C)c1cccc(-c2ccc3c(-c4ccc(-c5ccccc5)cc4)c4c(c(-c5ccc(-c6ccccc6)cc5)c3c2)=CCCC=4)c1. The zero-order valence-electron chi connectivity index (χ0n) is 33.4. The Kier molecular flexibility index (Phi) is 10.2. The highest BCUT2D eigenvalue weighted by atomic mass is 31.1. The summed E-state index contributed by atoms with van der Waals surface area (Å²) in [6.07, 6.45) is 9.55. The first kappa shape index (κ1) is 36.9. The molecule has 1 aliphatic carbocycles. The highest BCUT2D eigenvalue weighted by molar-refractivity contribution is 7.65. The Balaban J connectivity index is 1.33. The lowest BCUT2D eigenvalue weighted by Gasteiger charge is -2.32. The summed E-state index contributed by atoms with van der Waals surface area (Å²) < 4.78 is 0. The number of rotatable bonds is 8. The van der Waals surface area contributed by atoms with Gasteiger partial charge in [-0.3, -0.25) is 0 Å². The van der Waals surface area contributed by atoms with Crippen molar-refractivity contribution in [1.29, 1.82) is 0 Å². The van der Waals surface area contributed by atoms with Gasteiger partial charge in [-0.1, -0.05) is 201 Å². The van der Waals surface area contributed by atoms with E-state index in [-0.39, 0.29) is 18.8 Å². The van der Waals surface area contributed by atoms with Gasteiger partial charge in [-0.25, -0.2) is 0 Å². The zero-order chi connectivity index (χ0) is 38.2. The van der Waals surface area contributed by atoms with Crippen LogP contribution in [0.15, 0.2) is 152 Å². The van der Waals surface area contributed by atoms with Crippen LogP contribution in [0, 0.1) is 10.8 Å². The second kappa shape index (κ2) is 15.2. The van der Waals surface area contributed by atoms with E-state index >= 15 is 0 Å². The monoisotopic (exact) mass is 732 g/mol.